The maximum atomic E-state index is 13.4. The fourth-order valence-corrected chi connectivity index (χ4v) is 1.86. The molecule has 2 nitrogen and oxygen atoms in total. The lowest BCUT2D eigenvalue weighted by atomic mass is 10.3. The smallest absolute Gasteiger partial charge is 0.175 e. The summed E-state index contributed by atoms with van der Waals surface area (Å²) in [5, 5.41) is 5.14. The molecule has 0 saturated carbocycles. The Morgan fingerprint density at radius 3 is 2.35 bits per heavy atom. The minimum absolute atomic E-state index is 0.0252. The predicted molar refractivity (Wildman–Crippen MR) is 77.6 cm³/mol. The number of rotatable bonds is 2. The first-order chi connectivity index (χ1) is 9.45. The number of halogens is 4. The van der Waals surface area contributed by atoms with Crippen LogP contribution in [0.25, 0.3) is 0 Å². The van der Waals surface area contributed by atoms with Crippen molar-refractivity contribution < 1.29 is 13.2 Å². The predicted octanol–water partition coefficient (Wildman–Crippen LogP) is 4.57. The van der Waals surface area contributed by atoms with Crippen molar-refractivity contribution in [3.05, 3.63) is 58.9 Å². The summed E-state index contributed by atoms with van der Waals surface area (Å²) in [6.07, 6.45) is 0. The number of hydrogen-bond acceptors (Lipinski definition) is 1. The zero-order valence-electron chi connectivity index (χ0n) is 9.88. The van der Waals surface area contributed by atoms with Crippen molar-refractivity contribution >= 4 is 40.3 Å². The molecule has 7 heteroatoms. The Bertz CT molecular complexity index is 664. The van der Waals surface area contributed by atoms with Crippen molar-refractivity contribution in [2.75, 3.05) is 10.6 Å². The molecule has 0 amide bonds. The minimum Gasteiger partial charge on any atom is -0.332 e. The van der Waals surface area contributed by atoms with Gasteiger partial charge in [-0.25, -0.2) is 13.2 Å². The van der Waals surface area contributed by atoms with Gasteiger partial charge in [-0.05, 0) is 42.5 Å². The molecule has 0 aliphatic rings. The lowest BCUT2D eigenvalue weighted by molar-refractivity contribution is 0.604. The lowest BCUT2D eigenvalue weighted by Gasteiger charge is -2.11. The van der Waals surface area contributed by atoms with E-state index in [-0.39, 0.29) is 15.8 Å². The molecule has 2 aromatic rings. The zero-order valence-corrected chi connectivity index (χ0v) is 11.5. The molecule has 0 aliphatic carbocycles. The maximum Gasteiger partial charge on any atom is 0.175 e. The molecule has 0 aliphatic heterocycles. The molecule has 0 bridgehead atoms. The maximum absolute atomic E-state index is 13.4. The second-order valence-corrected chi connectivity index (χ2v) is 4.65. The van der Waals surface area contributed by atoms with Gasteiger partial charge < -0.3 is 10.6 Å². The highest BCUT2D eigenvalue weighted by atomic mass is 35.5. The van der Waals surface area contributed by atoms with Crippen molar-refractivity contribution in [3.63, 3.8) is 0 Å². The standard InChI is InChI=1S/C13H8ClF3N2S/c14-9-6-8(2-4-10(9)16)18-13(20)19-12-5-7(15)1-3-11(12)17/h1-6H,(H2,18,19,20). The van der Waals surface area contributed by atoms with Crippen LogP contribution in [0.4, 0.5) is 24.5 Å². The average molecular weight is 317 g/mol. The van der Waals surface area contributed by atoms with E-state index < -0.39 is 17.5 Å². The molecule has 0 spiro atoms. The topological polar surface area (TPSA) is 24.1 Å². The Hall–Kier alpha value is -1.79. The summed E-state index contributed by atoms with van der Waals surface area (Å²) in [7, 11) is 0. The van der Waals surface area contributed by atoms with Gasteiger partial charge in [-0.1, -0.05) is 11.6 Å². The van der Waals surface area contributed by atoms with Crippen LogP contribution in [0.1, 0.15) is 0 Å². The van der Waals surface area contributed by atoms with Gasteiger partial charge in [0.1, 0.15) is 17.5 Å². The van der Waals surface area contributed by atoms with E-state index >= 15 is 0 Å². The van der Waals surface area contributed by atoms with Gasteiger partial charge in [-0.2, -0.15) is 0 Å². The Morgan fingerprint density at radius 2 is 1.65 bits per heavy atom. The summed E-state index contributed by atoms with van der Waals surface area (Å²) in [6.45, 7) is 0. The van der Waals surface area contributed by atoms with E-state index in [1.807, 2.05) is 0 Å². The number of hydrogen-bond donors (Lipinski definition) is 2. The van der Waals surface area contributed by atoms with Crippen LogP contribution >= 0.6 is 23.8 Å². The van der Waals surface area contributed by atoms with Crippen molar-refractivity contribution in [1.29, 1.82) is 0 Å². The third kappa shape index (κ3) is 3.61. The van der Waals surface area contributed by atoms with E-state index in [9.17, 15) is 13.2 Å². The molecular weight excluding hydrogens is 309 g/mol. The molecular formula is C13H8ClF3N2S. The fraction of sp³-hybridized carbons (Fsp3) is 0. The number of thiocarbonyl (C=S) groups is 1. The molecule has 0 fully saturated rings. The van der Waals surface area contributed by atoms with Gasteiger partial charge in [0.15, 0.2) is 5.11 Å². The molecule has 0 aromatic heterocycles. The Balaban J connectivity index is 2.09. The summed E-state index contributed by atoms with van der Waals surface area (Å²) in [5.41, 5.74) is 0.321. The highest BCUT2D eigenvalue weighted by Gasteiger charge is 2.07. The normalized spacial score (nSPS) is 10.2. The molecule has 0 unspecified atom stereocenters. The van der Waals surface area contributed by atoms with E-state index in [4.69, 9.17) is 23.8 Å². The van der Waals surface area contributed by atoms with Crippen LogP contribution in [0, 0.1) is 17.5 Å². The van der Waals surface area contributed by atoms with Crippen LogP contribution in [0.5, 0.6) is 0 Å². The van der Waals surface area contributed by atoms with Gasteiger partial charge in [0.05, 0.1) is 10.7 Å². The van der Waals surface area contributed by atoms with Crippen LogP contribution in [0.3, 0.4) is 0 Å². The monoisotopic (exact) mass is 316 g/mol. The molecule has 2 N–H and O–H groups in total. The van der Waals surface area contributed by atoms with E-state index in [0.717, 1.165) is 24.3 Å². The number of nitrogens with one attached hydrogen (secondary N) is 2. The Labute approximate surface area is 123 Å². The third-order valence-corrected chi connectivity index (χ3v) is 2.85. The zero-order chi connectivity index (χ0) is 14.7. The quantitative estimate of drug-likeness (QED) is 0.794. The van der Waals surface area contributed by atoms with E-state index in [0.29, 0.717) is 5.69 Å². The summed E-state index contributed by atoms with van der Waals surface area (Å²) < 4.78 is 39.4. The highest BCUT2D eigenvalue weighted by Crippen LogP contribution is 2.20. The van der Waals surface area contributed by atoms with Gasteiger partial charge in [0, 0.05) is 11.8 Å². The Morgan fingerprint density at radius 1 is 0.950 bits per heavy atom. The summed E-state index contributed by atoms with van der Waals surface area (Å²) in [5.74, 6) is -1.80. The number of anilines is 2. The summed E-state index contributed by atoms with van der Waals surface area (Å²) in [4.78, 5) is 0. The van der Waals surface area contributed by atoms with E-state index in [2.05, 4.69) is 10.6 Å². The van der Waals surface area contributed by atoms with Crippen molar-refractivity contribution in [1.82, 2.24) is 0 Å². The molecule has 2 rings (SSSR count). The molecule has 0 atom stereocenters. The van der Waals surface area contributed by atoms with Gasteiger partial charge in [-0.3, -0.25) is 0 Å². The van der Waals surface area contributed by atoms with Crippen molar-refractivity contribution in [2.45, 2.75) is 0 Å². The van der Waals surface area contributed by atoms with Crippen LogP contribution in [0.2, 0.25) is 5.02 Å². The van der Waals surface area contributed by atoms with Crippen LogP contribution in [-0.4, -0.2) is 5.11 Å². The highest BCUT2D eigenvalue weighted by molar-refractivity contribution is 7.80. The average Bonchev–Trinajstić information content (AvgIpc) is 2.38. The molecule has 20 heavy (non-hydrogen) atoms. The second kappa shape index (κ2) is 6.11. The summed E-state index contributed by atoms with van der Waals surface area (Å²) >= 11 is 10.6. The van der Waals surface area contributed by atoms with Crippen LogP contribution in [-0.2, 0) is 0 Å². The molecule has 0 heterocycles. The van der Waals surface area contributed by atoms with Gasteiger partial charge in [0.25, 0.3) is 0 Å². The van der Waals surface area contributed by atoms with Crippen molar-refractivity contribution in [3.8, 4) is 0 Å². The van der Waals surface area contributed by atoms with Gasteiger partial charge in [-0.15, -0.1) is 0 Å². The first-order valence-corrected chi connectivity index (χ1v) is 6.22. The third-order valence-electron chi connectivity index (χ3n) is 2.35. The molecule has 0 radical (unpaired) electrons. The first kappa shape index (κ1) is 14.6. The Kier molecular flexibility index (Phi) is 4.46. The van der Waals surface area contributed by atoms with Gasteiger partial charge in [0.2, 0.25) is 0 Å². The largest absolute Gasteiger partial charge is 0.332 e. The summed E-state index contributed by atoms with van der Waals surface area (Å²) in [6, 6.07) is 6.85. The molecule has 2 aromatic carbocycles. The fourth-order valence-electron chi connectivity index (χ4n) is 1.45. The second-order valence-electron chi connectivity index (χ2n) is 3.83. The van der Waals surface area contributed by atoms with Crippen molar-refractivity contribution in [2.24, 2.45) is 0 Å². The van der Waals surface area contributed by atoms with E-state index in [1.54, 1.807) is 0 Å². The first-order valence-electron chi connectivity index (χ1n) is 5.44. The van der Waals surface area contributed by atoms with E-state index in [1.165, 1.54) is 12.1 Å². The van der Waals surface area contributed by atoms with Crippen LogP contribution in [0.15, 0.2) is 36.4 Å². The molecule has 0 saturated heterocycles. The van der Waals surface area contributed by atoms with Crippen LogP contribution < -0.4 is 10.6 Å². The lowest BCUT2D eigenvalue weighted by Crippen LogP contribution is -2.19. The number of benzene rings is 2. The minimum atomic E-state index is -0.646. The molecule has 104 valence electrons. The SMILES string of the molecule is Fc1ccc(F)c(NC(=S)Nc2ccc(F)c(Cl)c2)c1. The van der Waals surface area contributed by atoms with Gasteiger partial charge >= 0.3 is 0 Å².